The fraction of sp³-hybridized carbons (Fsp3) is 0.0667. The lowest BCUT2D eigenvalue weighted by atomic mass is 10.1. The lowest BCUT2D eigenvalue weighted by molar-refractivity contribution is -0.384. The second-order valence-corrected chi connectivity index (χ2v) is 5.63. The van der Waals surface area contributed by atoms with Crippen molar-refractivity contribution < 1.29 is 9.72 Å². The molecule has 0 saturated heterocycles. The van der Waals surface area contributed by atoms with Gasteiger partial charge in [0.15, 0.2) is 0 Å². The number of hydrogen-bond acceptors (Lipinski definition) is 5. The highest BCUT2D eigenvalue weighted by molar-refractivity contribution is 7.07. The molecule has 1 amide bonds. The molecule has 0 radical (unpaired) electrons. The molecule has 3 rings (SSSR count). The summed E-state index contributed by atoms with van der Waals surface area (Å²) in [6.07, 6.45) is 0. The molecule has 116 valence electrons. The van der Waals surface area contributed by atoms with Crippen molar-refractivity contribution in [2.24, 2.45) is 0 Å². The molecule has 2 heterocycles. The zero-order valence-corrected chi connectivity index (χ0v) is 12.6. The summed E-state index contributed by atoms with van der Waals surface area (Å²) in [7, 11) is 0. The molecular weight excluding hydrogens is 318 g/mol. The number of carbonyl (C=O) groups is 1. The van der Waals surface area contributed by atoms with Gasteiger partial charge < -0.3 is 10.3 Å². The van der Waals surface area contributed by atoms with Crippen molar-refractivity contribution in [1.82, 2.24) is 10.3 Å². The van der Waals surface area contributed by atoms with E-state index in [0.29, 0.717) is 17.4 Å². The van der Waals surface area contributed by atoms with Gasteiger partial charge in [-0.05, 0) is 28.5 Å². The molecule has 0 fully saturated rings. The summed E-state index contributed by atoms with van der Waals surface area (Å²) in [6.45, 7) is 0.325. The summed E-state index contributed by atoms with van der Waals surface area (Å²) >= 11 is 1.52. The Morgan fingerprint density at radius 1 is 1.30 bits per heavy atom. The normalized spacial score (nSPS) is 10.6. The summed E-state index contributed by atoms with van der Waals surface area (Å²) in [6, 6.07) is 7.02. The maximum Gasteiger partial charge on any atom is 0.270 e. The Kier molecular flexibility index (Phi) is 3.90. The third-order valence-electron chi connectivity index (χ3n) is 3.32. The molecule has 0 saturated carbocycles. The van der Waals surface area contributed by atoms with Gasteiger partial charge in [0.2, 0.25) is 5.56 Å². The van der Waals surface area contributed by atoms with Crippen LogP contribution < -0.4 is 10.9 Å². The predicted octanol–water partition coefficient (Wildman–Crippen LogP) is 2.43. The van der Waals surface area contributed by atoms with E-state index in [-0.39, 0.29) is 11.3 Å². The van der Waals surface area contributed by atoms with Gasteiger partial charge in [-0.3, -0.25) is 19.7 Å². The largest absolute Gasteiger partial charge is 0.348 e. The van der Waals surface area contributed by atoms with E-state index in [0.717, 1.165) is 11.6 Å². The topological polar surface area (TPSA) is 105 Å². The summed E-state index contributed by atoms with van der Waals surface area (Å²) in [5, 5.41) is 17.8. The van der Waals surface area contributed by atoms with Gasteiger partial charge >= 0.3 is 0 Å². The number of non-ortho nitro benzene ring substituents is 1. The number of thiophene rings is 1. The number of carbonyl (C=O) groups excluding carboxylic acids is 1. The molecular formula is C15H11N3O4S. The van der Waals surface area contributed by atoms with Crippen LogP contribution in [0.1, 0.15) is 15.9 Å². The SMILES string of the molecule is O=C(NCc1ccsc1)c1cc(=O)[nH]c2ccc([N+](=O)[O-])cc12. The van der Waals surface area contributed by atoms with Gasteiger partial charge in [-0.15, -0.1) is 0 Å². The van der Waals surface area contributed by atoms with Crippen LogP contribution in [0.2, 0.25) is 0 Å². The number of nitro groups is 1. The van der Waals surface area contributed by atoms with Gasteiger partial charge in [0.1, 0.15) is 0 Å². The van der Waals surface area contributed by atoms with Gasteiger partial charge in [0, 0.05) is 35.6 Å². The fourth-order valence-corrected chi connectivity index (χ4v) is 2.88. The van der Waals surface area contributed by atoms with Crippen molar-refractivity contribution in [3.8, 4) is 0 Å². The molecule has 0 aliphatic rings. The highest BCUT2D eigenvalue weighted by Gasteiger charge is 2.15. The van der Waals surface area contributed by atoms with Gasteiger partial charge in [-0.25, -0.2) is 0 Å². The Morgan fingerprint density at radius 2 is 2.13 bits per heavy atom. The number of nitro benzene ring substituents is 1. The minimum Gasteiger partial charge on any atom is -0.348 e. The molecule has 0 bridgehead atoms. The van der Waals surface area contributed by atoms with Crippen LogP contribution in [-0.4, -0.2) is 15.8 Å². The molecule has 0 aliphatic carbocycles. The quantitative estimate of drug-likeness (QED) is 0.566. The van der Waals surface area contributed by atoms with Crippen LogP contribution in [0.3, 0.4) is 0 Å². The van der Waals surface area contributed by atoms with E-state index in [1.54, 1.807) is 0 Å². The Labute approximate surface area is 133 Å². The molecule has 0 spiro atoms. The Hall–Kier alpha value is -3.00. The summed E-state index contributed by atoms with van der Waals surface area (Å²) in [5.41, 5.74) is 0.860. The first-order chi connectivity index (χ1) is 11.0. The lowest BCUT2D eigenvalue weighted by Crippen LogP contribution is -2.24. The van der Waals surface area contributed by atoms with E-state index < -0.39 is 16.4 Å². The van der Waals surface area contributed by atoms with Crippen molar-refractivity contribution in [2.45, 2.75) is 6.54 Å². The average molecular weight is 329 g/mol. The van der Waals surface area contributed by atoms with Gasteiger partial charge in [0.25, 0.3) is 11.6 Å². The fourth-order valence-electron chi connectivity index (χ4n) is 2.21. The maximum absolute atomic E-state index is 12.4. The Bertz CT molecular complexity index is 947. The second-order valence-electron chi connectivity index (χ2n) is 4.85. The third kappa shape index (κ3) is 3.11. The molecule has 0 unspecified atom stereocenters. The number of amides is 1. The number of fused-ring (bicyclic) bond motifs is 1. The van der Waals surface area contributed by atoms with Crippen LogP contribution in [0.5, 0.6) is 0 Å². The van der Waals surface area contributed by atoms with Crippen molar-refractivity contribution >= 4 is 33.8 Å². The van der Waals surface area contributed by atoms with Crippen LogP contribution in [-0.2, 0) is 6.54 Å². The number of nitrogens with one attached hydrogen (secondary N) is 2. The number of rotatable bonds is 4. The zero-order chi connectivity index (χ0) is 16.4. The highest BCUT2D eigenvalue weighted by atomic mass is 32.1. The minimum absolute atomic E-state index is 0.114. The minimum atomic E-state index is -0.544. The number of pyridine rings is 1. The standard InChI is InChI=1S/C15H11N3O4S/c19-14-6-12(15(20)16-7-9-3-4-23-8-9)11-5-10(18(21)22)1-2-13(11)17-14/h1-6,8H,7H2,(H,16,20)(H,17,19). The summed E-state index contributed by atoms with van der Waals surface area (Å²) in [4.78, 5) is 37.0. The molecule has 0 atom stereocenters. The van der Waals surface area contributed by atoms with E-state index in [4.69, 9.17) is 0 Å². The number of H-pyrrole nitrogens is 1. The Morgan fingerprint density at radius 3 is 2.83 bits per heavy atom. The van der Waals surface area contributed by atoms with E-state index in [1.807, 2.05) is 16.8 Å². The summed E-state index contributed by atoms with van der Waals surface area (Å²) < 4.78 is 0. The Balaban J connectivity index is 2.00. The smallest absolute Gasteiger partial charge is 0.270 e. The number of nitrogens with zero attached hydrogens (tertiary/aromatic N) is 1. The van der Waals surface area contributed by atoms with Crippen molar-refractivity contribution in [1.29, 1.82) is 0 Å². The third-order valence-corrected chi connectivity index (χ3v) is 4.05. The van der Waals surface area contributed by atoms with Crippen molar-refractivity contribution in [3.63, 3.8) is 0 Å². The predicted molar refractivity (Wildman–Crippen MR) is 86.7 cm³/mol. The molecule has 3 aromatic rings. The number of benzene rings is 1. The van der Waals surface area contributed by atoms with Crippen molar-refractivity contribution in [3.05, 3.63) is 72.7 Å². The first kappa shape index (κ1) is 14.9. The number of hydrogen-bond donors (Lipinski definition) is 2. The van der Waals surface area contributed by atoms with E-state index in [1.165, 1.54) is 29.5 Å². The highest BCUT2D eigenvalue weighted by Crippen LogP contribution is 2.21. The first-order valence-electron chi connectivity index (χ1n) is 6.65. The second kappa shape index (κ2) is 6.01. The molecule has 1 aromatic carbocycles. The van der Waals surface area contributed by atoms with Crippen molar-refractivity contribution in [2.75, 3.05) is 0 Å². The molecule has 8 heteroatoms. The van der Waals surface area contributed by atoms with Crippen LogP contribution in [0, 0.1) is 10.1 Å². The van der Waals surface area contributed by atoms with Crippen LogP contribution in [0.4, 0.5) is 5.69 Å². The molecule has 0 aliphatic heterocycles. The molecule has 2 aromatic heterocycles. The van der Waals surface area contributed by atoms with Crippen LogP contribution >= 0.6 is 11.3 Å². The number of aromatic nitrogens is 1. The van der Waals surface area contributed by atoms with Crippen LogP contribution in [0.15, 0.2) is 45.9 Å². The molecule has 23 heavy (non-hydrogen) atoms. The molecule has 2 N–H and O–H groups in total. The first-order valence-corrected chi connectivity index (χ1v) is 7.59. The zero-order valence-electron chi connectivity index (χ0n) is 11.7. The van der Waals surface area contributed by atoms with E-state index >= 15 is 0 Å². The van der Waals surface area contributed by atoms with Gasteiger partial charge in [-0.1, -0.05) is 0 Å². The van der Waals surface area contributed by atoms with Gasteiger partial charge in [0.05, 0.1) is 10.5 Å². The van der Waals surface area contributed by atoms with E-state index in [2.05, 4.69) is 10.3 Å². The van der Waals surface area contributed by atoms with Gasteiger partial charge in [-0.2, -0.15) is 11.3 Å². The monoisotopic (exact) mass is 329 g/mol. The lowest BCUT2D eigenvalue weighted by Gasteiger charge is -2.07. The molecule has 7 nitrogen and oxygen atoms in total. The number of aromatic amines is 1. The average Bonchev–Trinajstić information content (AvgIpc) is 3.04. The maximum atomic E-state index is 12.4. The summed E-state index contributed by atoms with van der Waals surface area (Å²) in [5.74, 6) is -0.451. The van der Waals surface area contributed by atoms with E-state index in [9.17, 15) is 19.7 Å². The van der Waals surface area contributed by atoms with Crippen LogP contribution in [0.25, 0.3) is 10.9 Å².